The highest BCUT2D eigenvalue weighted by atomic mass is 16.5. The van der Waals surface area contributed by atoms with Crippen molar-refractivity contribution in [2.45, 2.75) is 51.8 Å². The van der Waals surface area contributed by atoms with Crippen molar-refractivity contribution >= 4 is 6.03 Å². The number of hydrogen-bond donors (Lipinski definition) is 3. The molecule has 0 radical (unpaired) electrons. The summed E-state index contributed by atoms with van der Waals surface area (Å²) in [4.78, 5) is 12.0. The summed E-state index contributed by atoms with van der Waals surface area (Å²) in [6.07, 6.45) is 3.88. The van der Waals surface area contributed by atoms with Gasteiger partial charge in [0.25, 0.3) is 0 Å². The van der Waals surface area contributed by atoms with E-state index in [1.807, 2.05) is 31.2 Å². The van der Waals surface area contributed by atoms with E-state index in [2.05, 4.69) is 10.6 Å². The molecule has 3 N–H and O–H groups in total. The number of benzene rings is 1. The maximum Gasteiger partial charge on any atom is 0.315 e. The second kappa shape index (κ2) is 9.53. The molecule has 0 heterocycles. The highest BCUT2D eigenvalue weighted by molar-refractivity contribution is 5.74. The summed E-state index contributed by atoms with van der Waals surface area (Å²) >= 11 is 0. The standard InChI is InChI=1S/C18H28N2O3/c1-2-23-13-16-5-3-14(4-6-16)11-19-18(22)20-17-9-7-15(12-21)8-10-17/h3-6,15,17,21H,2,7-13H2,1H3,(H2,19,20,22). The topological polar surface area (TPSA) is 70.6 Å². The molecule has 0 aromatic heterocycles. The molecule has 1 aromatic carbocycles. The van der Waals surface area contributed by atoms with Crippen LogP contribution in [0.25, 0.3) is 0 Å². The number of carbonyl (C=O) groups is 1. The first-order valence-electron chi connectivity index (χ1n) is 8.52. The lowest BCUT2D eigenvalue weighted by molar-refractivity contribution is 0.134. The minimum absolute atomic E-state index is 0.115. The Morgan fingerprint density at radius 1 is 1.17 bits per heavy atom. The van der Waals surface area contributed by atoms with Crippen LogP contribution in [0.4, 0.5) is 4.79 Å². The Morgan fingerprint density at radius 3 is 2.43 bits per heavy atom. The molecule has 1 aliphatic carbocycles. The largest absolute Gasteiger partial charge is 0.396 e. The van der Waals surface area contributed by atoms with Crippen LogP contribution in [0.5, 0.6) is 0 Å². The third-order valence-electron chi connectivity index (χ3n) is 4.39. The molecule has 128 valence electrons. The van der Waals surface area contributed by atoms with Gasteiger partial charge in [-0.05, 0) is 49.7 Å². The second-order valence-corrected chi connectivity index (χ2v) is 6.18. The van der Waals surface area contributed by atoms with Gasteiger partial charge in [0, 0.05) is 25.8 Å². The van der Waals surface area contributed by atoms with Gasteiger partial charge in [-0.1, -0.05) is 24.3 Å². The van der Waals surface area contributed by atoms with Crippen LogP contribution >= 0.6 is 0 Å². The van der Waals surface area contributed by atoms with E-state index in [0.717, 1.165) is 36.8 Å². The fourth-order valence-corrected chi connectivity index (χ4v) is 2.88. The number of rotatable bonds is 7. The van der Waals surface area contributed by atoms with Gasteiger partial charge in [0.05, 0.1) is 6.61 Å². The predicted octanol–water partition coefficient (Wildman–Crippen LogP) is 2.57. The molecule has 0 spiro atoms. The highest BCUT2D eigenvalue weighted by Gasteiger charge is 2.21. The molecule has 1 aromatic rings. The average molecular weight is 320 g/mol. The van der Waals surface area contributed by atoms with Crippen molar-refractivity contribution in [3.8, 4) is 0 Å². The molecular formula is C18H28N2O3. The normalized spacial score (nSPS) is 21.0. The van der Waals surface area contributed by atoms with E-state index in [1.165, 1.54) is 0 Å². The fourth-order valence-electron chi connectivity index (χ4n) is 2.88. The Morgan fingerprint density at radius 2 is 1.83 bits per heavy atom. The first-order valence-corrected chi connectivity index (χ1v) is 8.52. The molecule has 1 aliphatic rings. The maximum atomic E-state index is 12.0. The molecule has 1 saturated carbocycles. The second-order valence-electron chi connectivity index (χ2n) is 6.18. The van der Waals surface area contributed by atoms with Crippen molar-refractivity contribution in [1.82, 2.24) is 10.6 Å². The monoisotopic (exact) mass is 320 g/mol. The molecule has 0 bridgehead atoms. The Labute approximate surface area is 138 Å². The van der Waals surface area contributed by atoms with E-state index < -0.39 is 0 Å². The van der Waals surface area contributed by atoms with Crippen LogP contribution in [0.2, 0.25) is 0 Å². The zero-order valence-corrected chi connectivity index (χ0v) is 13.9. The molecule has 0 aliphatic heterocycles. The van der Waals surface area contributed by atoms with Crippen LogP contribution in [-0.4, -0.2) is 30.4 Å². The molecule has 0 saturated heterocycles. The van der Waals surface area contributed by atoms with Crippen LogP contribution in [-0.2, 0) is 17.9 Å². The number of amides is 2. The molecule has 23 heavy (non-hydrogen) atoms. The van der Waals surface area contributed by atoms with Gasteiger partial charge in [-0.3, -0.25) is 0 Å². The van der Waals surface area contributed by atoms with Crippen molar-refractivity contribution in [3.63, 3.8) is 0 Å². The molecule has 5 heteroatoms. The average Bonchev–Trinajstić information content (AvgIpc) is 2.59. The van der Waals surface area contributed by atoms with Crippen LogP contribution in [0, 0.1) is 5.92 Å². The van der Waals surface area contributed by atoms with Gasteiger partial charge in [-0.15, -0.1) is 0 Å². The summed E-state index contributed by atoms with van der Waals surface area (Å²) in [6, 6.07) is 8.20. The summed E-state index contributed by atoms with van der Waals surface area (Å²) in [6.45, 7) is 4.10. The van der Waals surface area contributed by atoms with Crippen molar-refractivity contribution in [2.24, 2.45) is 5.92 Å². The van der Waals surface area contributed by atoms with E-state index in [9.17, 15) is 4.79 Å². The lowest BCUT2D eigenvalue weighted by Crippen LogP contribution is -2.43. The molecule has 0 unspecified atom stereocenters. The third kappa shape index (κ3) is 6.20. The number of urea groups is 1. The van der Waals surface area contributed by atoms with Gasteiger partial charge in [0.15, 0.2) is 0 Å². The van der Waals surface area contributed by atoms with Crippen LogP contribution in [0.3, 0.4) is 0 Å². The highest BCUT2D eigenvalue weighted by Crippen LogP contribution is 2.23. The van der Waals surface area contributed by atoms with Gasteiger partial charge in [0.1, 0.15) is 0 Å². The number of ether oxygens (including phenoxy) is 1. The van der Waals surface area contributed by atoms with Crippen molar-refractivity contribution in [2.75, 3.05) is 13.2 Å². The SMILES string of the molecule is CCOCc1ccc(CNC(=O)NC2CCC(CO)CC2)cc1. The van der Waals surface area contributed by atoms with Crippen molar-refractivity contribution < 1.29 is 14.6 Å². The Kier molecular flexibility index (Phi) is 7.36. The summed E-state index contributed by atoms with van der Waals surface area (Å²) in [5.74, 6) is 0.409. The van der Waals surface area contributed by atoms with Crippen molar-refractivity contribution in [3.05, 3.63) is 35.4 Å². The predicted molar refractivity (Wildman–Crippen MR) is 90.0 cm³/mol. The van der Waals surface area contributed by atoms with Crippen LogP contribution in [0.1, 0.15) is 43.7 Å². The molecule has 2 rings (SSSR count). The molecule has 5 nitrogen and oxygen atoms in total. The third-order valence-corrected chi connectivity index (χ3v) is 4.39. The number of aliphatic hydroxyl groups is 1. The Balaban J connectivity index is 1.68. The zero-order chi connectivity index (χ0) is 16.5. The summed E-state index contributed by atoms with van der Waals surface area (Å²) in [5.41, 5.74) is 2.21. The Hall–Kier alpha value is -1.59. The van der Waals surface area contributed by atoms with Crippen LogP contribution < -0.4 is 10.6 Å². The molecular weight excluding hydrogens is 292 g/mol. The summed E-state index contributed by atoms with van der Waals surface area (Å²) in [5, 5.41) is 15.1. The lowest BCUT2D eigenvalue weighted by Gasteiger charge is -2.27. The van der Waals surface area contributed by atoms with Crippen molar-refractivity contribution in [1.29, 1.82) is 0 Å². The number of nitrogens with one attached hydrogen (secondary N) is 2. The summed E-state index contributed by atoms with van der Waals surface area (Å²) in [7, 11) is 0. The lowest BCUT2D eigenvalue weighted by atomic mass is 9.87. The minimum atomic E-state index is -0.115. The molecule has 0 atom stereocenters. The van der Waals surface area contributed by atoms with E-state index in [-0.39, 0.29) is 18.7 Å². The molecule has 1 fully saturated rings. The van der Waals surface area contributed by atoms with E-state index >= 15 is 0 Å². The number of aliphatic hydroxyl groups excluding tert-OH is 1. The minimum Gasteiger partial charge on any atom is -0.396 e. The summed E-state index contributed by atoms with van der Waals surface area (Å²) < 4.78 is 5.36. The van der Waals surface area contributed by atoms with Gasteiger partial charge in [0.2, 0.25) is 0 Å². The zero-order valence-electron chi connectivity index (χ0n) is 13.9. The van der Waals surface area contributed by atoms with Gasteiger partial charge in [-0.25, -0.2) is 4.79 Å². The van der Waals surface area contributed by atoms with Gasteiger partial charge in [-0.2, -0.15) is 0 Å². The quantitative estimate of drug-likeness (QED) is 0.723. The van der Waals surface area contributed by atoms with E-state index in [4.69, 9.17) is 9.84 Å². The van der Waals surface area contributed by atoms with Crippen LogP contribution in [0.15, 0.2) is 24.3 Å². The van der Waals surface area contributed by atoms with Gasteiger partial charge >= 0.3 is 6.03 Å². The first-order chi connectivity index (χ1) is 11.2. The smallest absolute Gasteiger partial charge is 0.315 e. The Bertz CT molecular complexity index is 468. The fraction of sp³-hybridized carbons (Fsp3) is 0.611. The van der Waals surface area contributed by atoms with E-state index in [1.54, 1.807) is 0 Å². The van der Waals surface area contributed by atoms with Gasteiger partial charge < -0.3 is 20.5 Å². The molecule has 2 amide bonds. The van der Waals surface area contributed by atoms with E-state index in [0.29, 0.717) is 25.7 Å². The maximum absolute atomic E-state index is 12.0. The number of hydrogen-bond acceptors (Lipinski definition) is 3. The number of carbonyl (C=O) groups excluding carboxylic acids is 1. The first kappa shape index (κ1) is 17.8.